The highest BCUT2D eigenvalue weighted by Gasteiger charge is 2.27. The first-order valence-electron chi connectivity index (χ1n) is 7.45. The van der Waals surface area contributed by atoms with Crippen molar-refractivity contribution in [1.29, 1.82) is 0 Å². The van der Waals surface area contributed by atoms with Gasteiger partial charge in [-0.25, -0.2) is 0 Å². The lowest BCUT2D eigenvalue weighted by Crippen LogP contribution is -2.41. The second-order valence-corrected chi connectivity index (χ2v) is 6.71. The maximum absolute atomic E-state index is 10.2. The molecule has 1 aromatic rings. The van der Waals surface area contributed by atoms with Crippen molar-refractivity contribution >= 4 is 15.9 Å². The van der Waals surface area contributed by atoms with Gasteiger partial charge in [0, 0.05) is 35.2 Å². The summed E-state index contributed by atoms with van der Waals surface area (Å²) in [4.78, 5) is 4.96. The Labute approximate surface area is 130 Å². The van der Waals surface area contributed by atoms with E-state index in [-0.39, 0.29) is 6.04 Å². The van der Waals surface area contributed by atoms with Crippen LogP contribution in [0.25, 0.3) is 0 Å². The Bertz CT molecular complexity index is 452. The summed E-state index contributed by atoms with van der Waals surface area (Å²) in [6.07, 6.45) is 2.33. The van der Waals surface area contributed by atoms with Gasteiger partial charge in [0.05, 0.1) is 0 Å². The molecule has 0 aromatic heterocycles. The molecule has 1 N–H and O–H groups in total. The largest absolute Gasteiger partial charge is 0.508 e. The van der Waals surface area contributed by atoms with Gasteiger partial charge in [0.25, 0.3) is 0 Å². The number of phenols is 1. The van der Waals surface area contributed by atoms with E-state index in [1.807, 2.05) is 12.1 Å². The maximum atomic E-state index is 10.2. The highest BCUT2D eigenvalue weighted by molar-refractivity contribution is 9.10. The molecule has 0 amide bonds. The Hall–Kier alpha value is -0.580. The smallest absolute Gasteiger partial charge is 0.120 e. The number of phenolic OH excluding ortho intramolecular Hbond substituents is 1. The first-order chi connectivity index (χ1) is 9.52. The SMILES string of the molecule is CCC1CN(C)CCCN1C(C)c1cc(Br)ccc1O. The molecule has 1 aliphatic heterocycles. The second kappa shape index (κ2) is 6.92. The monoisotopic (exact) mass is 340 g/mol. The van der Waals surface area contributed by atoms with Crippen LogP contribution in [0, 0.1) is 0 Å². The van der Waals surface area contributed by atoms with E-state index in [1.54, 1.807) is 6.07 Å². The van der Waals surface area contributed by atoms with E-state index < -0.39 is 0 Å². The summed E-state index contributed by atoms with van der Waals surface area (Å²) in [6.45, 7) is 7.82. The molecule has 1 saturated heterocycles. The van der Waals surface area contributed by atoms with Gasteiger partial charge in [-0.05, 0) is 51.6 Å². The number of aromatic hydroxyl groups is 1. The summed E-state index contributed by atoms with van der Waals surface area (Å²) < 4.78 is 1.03. The molecule has 0 spiro atoms. The minimum atomic E-state index is 0.240. The molecule has 0 bridgehead atoms. The minimum Gasteiger partial charge on any atom is -0.508 e. The van der Waals surface area contributed by atoms with Crippen LogP contribution in [0.4, 0.5) is 0 Å². The van der Waals surface area contributed by atoms with Gasteiger partial charge in [-0.15, -0.1) is 0 Å². The number of hydrogen-bond donors (Lipinski definition) is 1. The third-order valence-corrected chi connectivity index (χ3v) is 4.85. The van der Waals surface area contributed by atoms with E-state index in [0.717, 1.165) is 36.1 Å². The number of benzene rings is 1. The van der Waals surface area contributed by atoms with Crippen LogP contribution in [0.1, 0.15) is 38.3 Å². The van der Waals surface area contributed by atoms with Gasteiger partial charge >= 0.3 is 0 Å². The summed E-state index contributed by atoms with van der Waals surface area (Å²) in [5.74, 6) is 0.396. The Balaban J connectivity index is 2.25. The van der Waals surface area contributed by atoms with E-state index in [0.29, 0.717) is 11.8 Å². The first-order valence-corrected chi connectivity index (χ1v) is 8.25. The highest BCUT2D eigenvalue weighted by atomic mass is 79.9. The number of likely N-dealkylation sites (N-methyl/N-ethyl adjacent to an activating group) is 1. The van der Waals surface area contributed by atoms with Crippen LogP contribution in [0.3, 0.4) is 0 Å². The third kappa shape index (κ3) is 3.54. The summed E-state index contributed by atoms with van der Waals surface area (Å²) in [6, 6.07) is 6.50. The van der Waals surface area contributed by atoms with Crippen molar-refractivity contribution in [2.45, 2.75) is 38.8 Å². The van der Waals surface area contributed by atoms with Gasteiger partial charge in [0.2, 0.25) is 0 Å². The zero-order valence-electron chi connectivity index (χ0n) is 12.6. The number of hydrogen-bond acceptors (Lipinski definition) is 3. The topological polar surface area (TPSA) is 26.7 Å². The van der Waals surface area contributed by atoms with Crippen molar-refractivity contribution in [3.63, 3.8) is 0 Å². The molecule has 0 aliphatic carbocycles. The predicted molar refractivity (Wildman–Crippen MR) is 87.1 cm³/mol. The van der Waals surface area contributed by atoms with Gasteiger partial charge < -0.3 is 10.0 Å². The van der Waals surface area contributed by atoms with Gasteiger partial charge in [0.15, 0.2) is 0 Å². The van der Waals surface area contributed by atoms with E-state index in [4.69, 9.17) is 0 Å². The van der Waals surface area contributed by atoms with E-state index in [2.05, 4.69) is 46.6 Å². The third-order valence-electron chi connectivity index (χ3n) is 4.36. The van der Waals surface area contributed by atoms with Crippen molar-refractivity contribution in [2.75, 3.05) is 26.7 Å². The van der Waals surface area contributed by atoms with Crippen molar-refractivity contribution in [3.05, 3.63) is 28.2 Å². The van der Waals surface area contributed by atoms with Crippen molar-refractivity contribution < 1.29 is 5.11 Å². The summed E-state index contributed by atoms with van der Waals surface area (Å²) in [5, 5.41) is 10.2. The average Bonchev–Trinajstić information content (AvgIpc) is 2.62. The molecule has 1 heterocycles. The normalized spacial score (nSPS) is 23.5. The second-order valence-electron chi connectivity index (χ2n) is 5.79. The van der Waals surface area contributed by atoms with E-state index >= 15 is 0 Å². The zero-order valence-corrected chi connectivity index (χ0v) is 14.2. The molecule has 1 aromatic carbocycles. The fourth-order valence-corrected chi connectivity index (χ4v) is 3.55. The van der Waals surface area contributed by atoms with Gasteiger partial charge in [-0.2, -0.15) is 0 Å². The Morgan fingerprint density at radius 2 is 2.15 bits per heavy atom. The predicted octanol–water partition coefficient (Wildman–Crippen LogP) is 3.63. The summed E-state index contributed by atoms with van der Waals surface area (Å²) in [5.41, 5.74) is 1.02. The molecule has 20 heavy (non-hydrogen) atoms. The van der Waals surface area contributed by atoms with E-state index in [1.165, 1.54) is 6.42 Å². The molecule has 2 atom stereocenters. The van der Waals surface area contributed by atoms with Crippen LogP contribution in [0.5, 0.6) is 5.75 Å². The van der Waals surface area contributed by atoms with Gasteiger partial charge in [-0.3, -0.25) is 4.90 Å². The quantitative estimate of drug-likeness (QED) is 0.909. The Morgan fingerprint density at radius 3 is 2.85 bits per heavy atom. The highest BCUT2D eigenvalue weighted by Crippen LogP contribution is 2.33. The van der Waals surface area contributed by atoms with Crippen LogP contribution in [0.2, 0.25) is 0 Å². The fraction of sp³-hybridized carbons (Fsp3) is 0.625. The van der Waals surface area contributed by atoms with Gasteiger partial charge in [0.1, 0.15) is 5.75 Å². The maximum Gasteiger partial charge on any atom is 0.120 e. The molecular formula is C16H25BrN2O. The van der Waals surface area contributed by atoms with Crippen LogP contribution in [-0.2, 0) is 0 Å². The zero-order chi connectivity index (χ0) is 14.7. The van der Waals surface area contributed by atoms with Crippen molar-refractivity contribution in [3.8, 4) is 5.75 Å². The van der Waals surface area contributed by atoms with Gasteiger partial charge in [-0.1, -0.05) is 22.9 Å². The fourth-order valence-electron chi connectivity index (χ4n) is 3.17. The Kier molecular flexibility index (Phi) is 5.47. The molecule has 0 radical (unpaired) electrons. The molecule has 1 fully saturated rings. The summed E-state index contributed by atoms with van der Waals surface area (Å²) in [7, 11) is 2.20. The van der Waals surface area contributed by atoms with Crippen LogP contribution in [-0.4, -0.2) is 47.6 Å². The molecular weight excluding hydrogens is 316 g/mol. The van der Waals surface area contributed by atoms with Crippen LogP contribution >= 0.6 is 15.9 Å². The molecule has 1 aliphatic rings. The lowest BCUT2D eigenvalue weighted by molar-refractivity contribution is 0.135. The molecule has 4 heteroatoms. The Morgan fingerprint density at radius 1 is 1.40 bits per heavy atom. The molecule has 3 nitrogen and oxygen atoms in total. The number of halogens is 1. The minimum absolute atomic E-state index is 0.240. The number of nitrogens with zero attached hydrogens (tertiary/aromatic N) is 2. The molecule has 0 saturated carbocycles. The molecule has 112 valence electrons. The van der Waals surface area contributed by atoms with Crippen LogP contribution in [0.15, 0.2) is 22.7 Å². The van der Waals surface area contributed by atoms with Crippen molar-refractivity contribution in [1.82, 2.24) is 9.80 Å². The average molecular weight is 341 g/mol. The lowest BCUT2D eigenvalue weighted by Gasteiger charge is -2.35. The van der Waals surface area contributed by atoms with Crippen molar-refractivity contribution in [2.24, 2.45) is 0 Å². The molecule has 2 unspecified atom stereocenters. The van der Waals surface area contributed by atoms with Crippen LogP contribution < -0.4 is 0 Å². The standard InChI is InChI=1S/C16H25BrN2O/c1-4-14-11-18(3)8-5-9-19(14)12(2)15-10-13(17)6-7-16(15)20/h6-7,10,12,14,20H,4-5,8-9,11H2,1-3H3. The first kappa shape index (κ1) is 15.8. The number of rotatable bonds is 3. The summed E-state index contributed by atoms with van der Waals surface area (Å²) >= 11 is 3.51. The molecule has 2 rings (SSSR count). The lowest BCUT2D eigenvalue weighted by atomic mass is 10.0. The van der Waals surface area contributed by atoms with E-state index in [9.17, 15) is 5.11 Å².